The molecule has 0 spiro atoms. The highest BCUT2D eigenvalue weighted by Crippen LogP contribution is 2.10. The fourth-order valence-corrected chi connectivity index (χ4v) is 1.54. The first-order valence-corrected chi connectivity index (χ1v) is 5.16. The third-order valence-corrected chi connectivity index (χ3v) is 2.40. The summed E-state index contributed by atoms with van der Waals surface area (Å²) in [5.41, 5.74) is 9.01. The van der Waals surface area contributed by atoms with Gasteiger partial charge < -0.3 is 11.1 Å². The van der Waals surface area contributed by atoms with Crippen LogP contribution in [0, 0.1) is 13.8 Å². The van der Waals surface area contributed by atoms with E-state index >= 15 is 0 Å². The fraction of sp³-hybridized carbons (Fsp3) is 0.417. The molecule has 0 aliphatic heterocycles. The summed E-state index contributed by atoms with van der Waals surface area (Å²) in [7, 11) is 0. The van der Waals surface area contributed by atoms with Gasteiger partial charge in [0.05, 0.1) is 6.54 Å². The summed E-state index contributed by atoms with van der Waals surface area (Å²) in [5, 5.41) is 2.76. The standard InChI is InChI=1S/C12H18N2O/c1-9-3-4-11(10(2)7-9)5-6-14-12(15)8-13/h3-4,7H,5-6,8,13H2,1-2H3,(H,14,15). The summed E-state index contributed by atoms with van der Waals surface area (Å²) in [5.74, 6) is -0.0974. The van der Waals surface area contributed by atoms with Crippen molar-refractivity contribution < 1.29 is 4.79 Å². The minimum absolute atomic E-state index is 0.0624. The summed E-state index contributed by atoms with van der Waals surface area (Å²) >= 11 is 0. The van der Waals surface area contributed by atoms with Crippen molar-refractivity contribution in [3.05, 3.63) is 34.9 Å². The van der Waals surface area contributed by atoms with Crippen LogP contribution in [0.25, 0.3) is 0 Å². The number of carbonyl (C=O) groups excluding carboxylic acids is 1. The van der Waals surface area contributed by atoms with Gasteiger partial charge in [0.15, 0.2) is 0 Å². The van der Waals surface area contributed by atoms with E-state index in [2.05, 4.69) is 37.4 Å². The van der Waals surface area contributed by atoms with Gasteiger partial charge in [0.1, 0.15) is 0 Å². The van der Waals surface area contributed by atoms with Crippen molar-refractivity contribution in [1.29, 1.82) is 0 Å². The molecule has 0 unspecified atom stereocenters. The number of hydrogen-bond acceptors (Lipinski definition) is 2. The monoisotopic (exact) mass is 206 g/mol. The number of carbonyl (C=O) groups is 1. The number of nitrogens with one attached hydrogen (secondary N) is 1. The lowest BCUT2D eigenvalue weighted by atomic mass is 10.0. The summed E-state index contributed by atoms with van der Waals surface area (Å²) < 4.78 is 0. The fourth-order valence-electron chi connectivity index (χ4n) is 1.54. The number of nitrogens with two attached hydrogens (primary N) is 1. The maximum absolute atomic E-state index is 10.9. The highest BCUT2D eigenvalue weighted by atomic mass is 16.1. The Morgan fingerprint density at radius 2 is 2.13 bits per heavy atom. The van der Waals surface area contributed by atoms with Gasteiger partial charge in [0.25, 0.3) is 0 Å². The molecule has 3 N–H and O–H groups in total. The second-order valence-corrected chi connectivity index (χ2v) is 3.73. The van der Waals surface area contributed by atoms with Gasteiger partial charge in [0, 0.05) is 6.54 Å². The molecule has 0 saturated carbocycles. The van der Waals surface area contributed by atoms with Crippen LogP contribution in [0.3, 0.4) is 0 Å². The Morgan fingerprint density at radius 1 is 1.40 bits per heavy atom. The first-order chi connectivity index (χ1) is 7.13. The van der Waals surface area contributed by atoms with E-state index in [1.807, 2.05) is 0 Å². The molecule has 0 aliphatic carbocycles. The predicted molar refractivity (Wildman–Crippen MR) is 61.7 cm³/mol. The minimum atomic E-state index is -0.0974. The topological polar surface area (TPSA) is 55.1 Å². The van der Waals surface area contributed by atoms with Crippen molar-refractivity contribution in [2.45, 2.75) is 20.3 Å². The normalized spacial score (nSPS) is 10.1. The lowest BCUT2D eigenvalue weighted by Gasteiger charge is -2.07. The maximum atomic E-state index is 10.9. The second-order valence-electron chi connectivity index (χ2n) is 3.73. The van der Waals surface area contributed by atoms with Gasteiger partial charge in [0.2, 0.25) is 5.91 Å². The molecule has 1 amide bonds. The average molecular weight is 206 g/mol. The Balaban J connectivity index is 2.47. The molecule has 0 aromatic heterocycles. The van der Waals surface area contributed by atoms with Crippen LogP contribution in [0.2, 0.25) is 0 Å². The molecule has 3 heteroatoms. The van der Waals surface area contributed by atoms with Gasteiger partial charge in [-0.1, -0.05) is 23.8 Å². The van der Waals surface area contributed by atoms with E-state index in [1.54, 1.807) is 0 Å². The third-order valence-electron chi connectivity index (χ3n) is 2.40. The van der Waals surface area contributed by atoms with Crippen LogP contribution in [0.5, 0.6) is 0 Å². The molecule has 1 rings (SSSR count). The van der Waals surface area contributed by atoms with E-state index in [4.69, 9.17) is 5.73 Å². The Morgan fingerprint density at radius 3 is 2.73 bits per heavy atom. The van der Waals surface area contributed by atoms with E-state index in [1.165, 1.54) is 16.7 Å². The van der Waals surface area contributed by atoms with Crippen LogP contribution in [0.4, 0.5) is 0 Å². The molecular formula is C12H18N2O. The summed E-state index contributed by atoms with van der Waals surface area (Å²) in [6.45, 7) is 4.88. The van der Waals surface area contributed by atoms with E-state index in [9.17, 15) is 4.79 Å². The zero-order chi connectivity index (χ0) is 11.3. The minimum Gasteiger partial charge on any atom is -0.355 e. The Labute approximate surface area is 90.7 Å². The van der Waals surface area contributed by atoms with Crippen molar-refractivity contribution in [3.8, 4) is 0 Å². The summed E-state index contributed by atoms with van der Waals surface area (Å²) in [6, 6.07) is 6.35. The average Bonchev–Trinajstić information content (AvgIpc) is 2.21. The van der Waals surface area contributed by atoms with Gasteiger partial charge in [-0.2, -0.15) is 0 Å². The van der Waals surface area contributed by atoms with Crippen molar-refractivity contribution in [1.82, 2.24) is 5.32 Å². The van der Waals surface area contributed by atoms with Crippen LogP contribution in [-0.4, -0.2) is 19.0 Å². The smallest absolute Gasteiger partial charge is 0.233 e. The molecule has 0 radical (unpaired) electrons. The van der Waals surface area contributed by atoms with Crippen LogP contribution >= 0.6 is 0 Å². The lowest BCUT2D eigenvalue weighted by Crippen LogP contribution is -2.31. The maximum Gasteiger partial charge on any atom is 0.233 e. The van der Waals surface area contributed by atoms with Crippen LogP contribution in [-0.2, 0) is 11.2 Å². The quantitative estimate of drug-likeness (QED) is 0.769. The van der Waals surface area contributed by atoms with E-state index in [0.29, 0.717) is 6.54 Å². The second kappa shape index (κ2) is 5.51. The largest absolute Gasteiger partial charge is 0.355 e. The molecule has 3 nitrogen and oxygen atoms in total. The van der Waals surface area contributed by atoms with Crippen molar-refractivity contribution >= 4 is 5.91 Å². The molecule has 0 atom stereocenters. The SMILES string of the molecule is Cc1ccc(CCNC(=O)CN)c(C)c1. The van der Waals surface area contributed by atoms with Gasteiger partial charge in [-0.25, -0.2) is 0 Å². The number of rotatable bonds is 4. The zero-order valence-electron chi connectivity index (χ0n) is 9.34. The molecule has 0 fully saturated rings. The van der Waals surface area contributed by atoms with E-state index < -0.39 is 0 Å². The lowest BCUT2D eigenvalue weighted by molar-refractivity contribution is -0.119. The van der Waals surface area contributed by atoms with Crippen molar-refractivity contribution in [2.75, 3.05) is 13.1 Å². The van der Waals surface area contributed by atoms with E-state index in [0.717, 1.165) is 6.42 Å². The molecule has 0 saturated heterocycles. The molecule has 15 heavy (non-hydrogen) atoms. The Kier molecular flexibility index (Phi) is 4.31. The number of benzene rings is 1. The molecule has 1 aromatic carbocycles. The van der Waals surface area contributed by atoms with E-state index in [-0.39, 0.29) is 12.5 Å². The number of aryl methyl sites for hydroxylation is 2. The molecular weight excluding hydrogens is 188 g/mol. The molecule has 0 heterocycles. The Hall–Kier alpha value is -1.35. The van der Waals surface area contributed by atoms with Gasteiger partial charge in [-0.05, 0) is 31.4 Å². The Bertz CT molecular complexity index is 347. The first-order valence-electron chi connectivity index (χ1n) is 5.16. The van der Waals surface area contributed by atoms with Gasteiger partial charge >= 0.3 is 0 Å². The first kappa shape index (κ1) is 11.7. The molecule has 0 aliphatic rings. The highest BCUT2D eigenvalue weighted by Gasteiger charge is 2.00. The van der Waals surface area contributed by atoms with Crippen LogP contribution < -0.4 is 11.1 Å². The van der Waals surface area contributed by atoms with Crippen LogP contribution in [0.15, 0.2) is 18.2 Å². The number of amides is 1. The molecule has 82 valence electrons. The van der Waals surface area contributed by atoms with Gasteiger partial charge in [-0.15, -0.1) is 0 Å². The third kappa shape index (κ3) is 3.72. The summed E-state index contributed by atoms with van der Waals surface area (Å²) in [6.07, 6.45) is 0.859. The predicted octanol–water partition coefficient (Wildman–Crippen LogP) is 0.921. The van der Waals surface area contributed by atoms with Crippen molar-refractivity contribution in [2.24, 2.45) is 5.73 Å². The highest BCUT2D eigenvalue weighted by molar-refractivity contribution is 5.77. The molecule has 0 bridgehead atoms. The van der Waals surface area contributed by atoms with Crippen LogP contribution in [0.1, 0.15) is 16.7 Å². The van der Waals surface area contributed by atoms with Crippen molar-refractivity contribution in [3.63, 3.8) is 0 Å². The zero-order valence-corrected chi connectivity index (χ0v) is 9.34. The molecule has 1 aromatic rings. The summed E-state index contributed by atoms with van der Waals surface area (Å²) in [4.78, 5) is 10.9. The van der Waals surface area contributed by atoms with Gasteiger partial charge in [-0.3, -0.25) is 4.79 Å². The number of hydrogen-bond donors (Lipinski definition) is 2.